The lowest BCUT2D eigenvalue weighted by Gasteiger charge is -2.05. The van der Waals surface area contributed by atoms with Gasteiger partial charge in [-0.05, 0) is 23.4 Å². The van der Waals surface area contributed by atoms with E-state index in [0.29, 0.717) is 16.5 Å². The van der Waals surface area contributed by atoms with Gasteiger partial charge >= 0.3 is 12.9 Å². The maximum absolute atomic E-state index is 11.5. The summed E-state index contributed by atoms with van der Waals surface area (Å²) >= 11 is 0. The lowest BCUT2D eigenvalue weighted by Crippen LogP contribution is -2.10. The molecule has 0 aliphatic heterocycles. The van der Waals surface area contributed by atoms with E-state index in [2.05, 4.69) is 13.2 Å². The molecule has 2 nitrogen and oxygen atoms in total. The van der Waals surface area contributed by atoms with Gasteiger partial charge in [-0.15, -0.1) is 0 Å². The highest BCUT2D eigenvalue weighted by atomic mass is 32.2. The Kier molecular flexibility index (Phi) is 7.68. The van der Waals surface area contributed by atoms with Gasteiger partial charge in [0.15, 0.2) is 0 Å². The second kappa shape index (κ2) is 9.01. The van der Waals surface area contributed by atoms with Crippen LogP contribution >= 0.6 is 0 Å². The van der Waals surface area contributed by atoms with E-state index >= 15 is 0 Å². The van der Waals surface area contributed by atoms with E-state index in [1.807, 2.05) is 24.3 Å². The van der Waals surface area contributed by atoms with Crippen molar-refractivity contribution in [2.24, 2.45) is 0 Å². The number of unbranched alkanes of at least 4 members (excludes halogenated alkanes) is 1. The van der Waals surface area contributed by atoms with Crippen molar-refractivity contribution in [2.45, 2.75) is 25.5 Å². The van der Waals surface area contributed by atoms with Gasteiger partial charge < -0.3 is 21.7 Å². The van der Waals surface area contributed by atoms with Crippen LogP contribution in [0, 0.1) is 0 Å². The standard InChI is InChI=1S/C15H19O2S.BF4/c1-3-4-9-18(2)11-12-10-15(16)17-14-8-6-5-7-13(12)14;2-1(3,4)5/h5-8,10H,3-4,9,11H2,1-2H3;/q+1;-1. The van der Waals surface area contributed by atoms with Crippen molar-refractivity contribution in [3.63, 3.8) is 0 Å². The Labute approximate surface area is 135 Å². The molecule has 1 aromatic carbocycles. The molecule has 2 aromatic rings. The van der Waals surface area contributed by atoms with Crippen molar-refractivity contribution < 1.29 is 21.7 Å². The first-order valence-electron chi connectivity index (χ1n) is 7.19. The average molecular weight is 350 g/mol. The smallest absolute Gasteiger partial charge is 0.423 e. The molecule has 1 atom stereocenters. The zero-order valence-electron chi connectivity index (χ0n) is 13.0. The number of benzene rings is 1. The summed E-state index contributed by atoms with van der Waals surface area (Å²) < 4.78 is 44.2. The fourth-order valence-electron chi connectivity index (χ4n) is 2.03. The Morgan fingerprint density at radius 2 is 1.78 bits per heavy atom. The second-order valence-electron chi connectivity index (χ2n) is 5.07. The Bertz CT molecular complexity index is 666. The molecule has 8 heteroatoms. The summed E-state index contributed by atoms with van der Waals surface area (Å²) in [6.45, 7) is 2.21. The van der Waals surface area contributed by atoms with Crippen LogP contribution in [0.1, 0.15) is 25.3 Å². The van der Waals surface area contributed by atoms with Gasteiger partial charge in [-0.2, -0.15) is 0 Å². The van der Waals surface area contributed by atoms with Gasteiger partial charge in [0.05, 0.1) is 6.26 Å². The van der Waals surface area contributed by atoms with E-state index in [-0.39, 0.29) is 5.63 Å². The molecule has 1 heterocycles. The van der Waals surface area contributed by atoms with E-state index in [1.165, 1.54) is 18.6 Å². The van der Waals surface area contributed by atoms with Gasteiger partial charge in [0.25, 0.3) is 0 Å². The number of rotatable bonds is 5. The van der Waals surface area contributed by atoms with E-state index in [0.717, 1.165) is 16.7 Å². The molecule has 23 heavy (non-hydrogen) atoms. The van der Waals surface area contributed by atoms with Crippen molar-refractivity contribution in [1.29, 1.82) is 0 Å². The fourth-order valence-corrected chi connectivity index (χ4v) is 3.72. The van der Waals surface area contributed by atoms with Crippen LogP contribution in [0.25, 0.3) is 11.0 Å². The minimum absolute atomic E-state index is 0.240. The van der Waals surface area contributed by atoms with Gasteiger partial charge in [0, 0.05) is 17.0 Å². The predicted molar refractivity (Wildman–Crippen MR) is 89.4 cm³/mol. The van der Waals surface area contributed by atoms with Crippen molar-refractivity contribution in [3.05, 3.63) is 46.3 Å². The Balaban J connectivity index is 0.000000463. The van der Waals surface area contributed by atoms with Crippen LogP contribution < -0.4 is 5.63 Å². The molecule has 0 spiro atoms. The molecular weight excluding hydrogens is 331 g/mol. The number of para-hydroxylation sites is 1. The van der Waals surface area contributed by atoms with E-state index in [1.54, 1.807) is 6.07 Å². The topological polar surface area (TPSA) is 30.2 Å². The van der Waals surface area contributed by atoms with Gasteiger partial charge in [-0.3, -0.25) is 0 Å². The van der Waals surface area contributed by atoms with Crippen LogP contribution in [-0.4, -0.2) is 19.3 Å². The lowest BCUT2D eigenvalue weighted by atomic mass is 10.1. The number of hydrogen-bond acceptors (Lipinski definition) is 2. The third-order valence-corrected chi connectivity index (χ3v) is 4.77. The number of hydrogen-bond donors (Lipinski definition) is 0. The van der Waals surface area contributed by atoms with Crippen molar-refractivity contribution in [3.8, 4) is 0 Å². The molecule has 0 saturated carbocycles. The van der Waals surface area contributed by atoms with Crippen LogP contribution in [0.3, 0.4) is 0 Å². The minimum atomic E-state index is -6.00. The first-order chi connectivity index (χ1) is 10.7. The molecule has 0 aliphatic carbocycles. The highest BCUT2D eigenvalue weighted by Gasteiger charge is 2.20. The lowest BCUT2D eigenvalue weighted by molar-refractivity contribution is 0.368. The van der Waals surface area contributed by atoms with Crippen LogP contribution in [0.4, 0.5) is 17.3 Å². The van der Waals surface area contributed by atoms with Gasteiger partial charge in [0.1, 0.15) is 17.1 Å². The Morgan fingerprint density at radius 1 is 1.17 bits per heavy atom. The molecule has 2 rings (SSSR count). The molecule has 1 unspecified atom stereocenters. The zero-order chi connectivity index (χ0) is 17.5. The molecule has 128 valence electrons. The Hall–Kier alpha value is -1.44. The third-order valence-electron chi connectivity index (χ3n) is 2.98. The van der Waals surface area contributed by atoms with Crippen LogP contribution in [0.15, 0.2) is 39.5 Å². The number of halogens is 4. The van der Waals surface area contributed by atoms with Crippen molar-refractivity contribution in [2.75, 3.05) is 12.0 Å². The highest BCUT2D eigenvalue weighted by Crippen LogP contribution is 2.19. The summed E-state index contributed by atoms with van der Waals surface area (Å²) in [6, 6.07) is 9.44. The molecule has 0 aliphatic rings. The first kappa shape index (κ1) is 19.6. The Morgan fingerprint density at radius 3 is 2.39 bits per heavy atom. The van der Waals surface area contributed by atoms with Gasteiger partial charge in [-0.1, -0.05) is 31.5 Å². The molecule has 0 amide bonds. The van der Waals surface area contributed by atoms with E-state index in [9.17, 15) is 22.1 Å². The predicted octanol–water partition coefficient (Wildman–Crippen LogP) is 4.64. The molecule has 0 fully saturated rings. The minimum Gasteiger partial charge on any atom is -0.423 e. The summed E-state index contributed by atoms with van der Waals surface area (Å²) in [5.74, 6) is 2.22. The highest BCUT2D eigenvalue weighted by molar-refractivity contribution is 7.95. The summed E-state index contributed by atoms with van der Waals surface area (Å²) in [7, 11) is -5.67. The monoisotopic (exact) mass is 350 g/mol. The fraction of sp³-hybridized carbons (Fsp3) is 0.400. The van der Waals surface area contributed by atoms with Crippen LogP contribution in [-0.2, 0) is 16.6 Å². The SMILES string of the molecule is CCCC[S+](C)Cc1cc(=O)oc2ccccc12.F[B-](F)(F)F. The summed E-state index contributed by atoms with van der Waals surface area (Å²) in [4.78, 5) is 11.5. The quantitative estimate of drug-likeness (QED) is 0.340. The van der Waals surface area contributed by atoms with E-state index < -0.39 is 7.25 Å². The molecule has 1 aromatic heterocycles. The normalized spacial score (nSPS) is 12.6. The average Bonchev–Trinajstić information content (AvgIpc) is 2.43. The molecule has 0 bridgehead atoms. The van der Waals surface area contributed by atoms with Crippen LogP contribution in [0.5, 0.6) is 0 Å². The molecule has 0 N–H and O–H groups in total. The summed E-state index contributed by atoms with van der Waals surface area (Å²) in [5.41, 5.74) is 1.59. The third kappa shape index (κ3) is 8.11. The molecule has 0 radical (unpaired) electrons. The summed E-state index contributed by atoms with van der Waals surface area (Å²) in [6.07, 6.45) is 4.77. The first-order valence-corrected chi connectivity index (χ1v) is 9.16. The van der Waals surface area contributed by atoms with Gasteiger partial charge in [0.2, 0.25) is 0 Å². The maximum Gasteiger partial charge on any atom is 0.673 e. The largest absolute Gasteiger partial charge is 0.673 e. The molecular formula is C15H19BF4O2S. The van der Waals surface area contributed by atoms with Gasteiger partial charge in [-0.25, -0.2) is 4.79 Å². The van der Waals surface area contributed by atoms with Crippen molar-refractivity contribution >= 4 is 29.1 Å². The zero-order valence-corrected chi connectivity index (χ0v) is 13.8. The second-order valence-corrected chi connectivity index (χ2v) is 7.33. The summed E-state index contributed by atoms with van der Waals surface area (Å²) in [5, 5.41) is 1.08. The number of fused-ring (bicyclic) bond motifs is 1. The van der Waals surface area contributed by atoms with E-state index in [4.69, 9.17) is 4.42 Å². The van der Waals surface area contributed by atoms with Crippen molar-refractivity contribution in [1.82, 2.24) is 0 Å². The maximum atomic E-state index is 11.5. The van der Waals surface area contributed by atoms with Crippen LogP contribution in [0.2, 0.25) is 0 Å². The molecule has 0 saturated heterocycles.